The van der Waals surface area contributed by atoms with E-state index in [1.807, 2.05) is 14.1 Å². The van der Waals surface area contributed by atoms with Crippen LogP contribution in [0.15, 0.2) is 46.2 Å². The second kappa shape index (κ2) is 6.63. The fourth-order valence-corrected chi connectivity index (χ4v) is 3.88. The van der Waals surface area contributed by atoms with E-state index in [0.29, 0.717) is 0 Å². The molecule has 5 heteroatoms. The lowest BCUT2D eigenvalue weighted by atomic mass is 9.96. The Hall–Kier alpha value is -1.36. The fourth-order valence-electron chi connectivity index (χ4n) is 2.58. The van der Waals surface area contributed by atoms with E-state index in [1.54, 1.807) is 12.1 Å². The summed E-state index contributed by atoms with van der Waals surface area (Å²) in [6.45, 7) is 0.900. The molecule has 0 unspecified atom stereocenters. The molecule has 0 amide bonds. The number of halogens is 3. The van der Waals surface area contributed by atoms with Crippen LogP contribution in [0.3, 0.4) is 0 Å². The molecular formula is C18H16ClF2NS. The van der Waals surface area contributed by atoms with E-state index >= 15 is 0 Å². The molecule has 1 aliphatic heterocycles. The Bertz CT molecular complexity index is 787. The van der Waals surface area contributed by atoms with Crippen molar-refractivity contribution in [3.63, 3.8) is 0 Å². The summed E-state index contributed by atoms with van der Waals surface area (Å²) in [5.41, 5.74) is 2.85. The van der Waals surface area contributed by atoms with Gasteiger partial charge in [0.05, 0.1) is 5.02 Å². The van der Waals surface area contributed by atoms with Gasteiger partial charge < -0.3 is 4.90 Å². The van der Waals surface area contributed by atoms with Crippen LogP contribution in [-0.4, -0.2) is 25.5 Å². The van der Waals surface area contributed by atoms with Gasteiger partial charge in [0.2, 0.25) is 0 Å². The molecule has 120 valence electrons. The van der Waals surface area contributed by atoms with Gasteiger partial charge in [-0.15, -0.1) is 0 Å². The predicted octanol–water partition coefficient (Wildman–Crippen LogP) is 5.47. The van der Waals surface area contributed by atoms with Gasteiger partial charge in [0.15, 0.2) is 0 Å². The van der Waals surface area contributed by atoms with Crippen molar-refractivity contribution in [3.05, 3.63) is 64.2 Å². The number of hydrogen-bond donors (Lipinski definition) is 0. The molecule has 0 spiro atoms. The molecule has 0 saturated heterocycles. The molecule has 0 atom stereocenters. The zero-order valence-corrected chi connectivity index (χ0v) is 14.4. The van der Waals surface area contributed by atoms with E-state index in [1.165, 1.54) is 30.0 Å². The van der Waals surface area contributed by atoms with Gasteiger partial charge >= 0.3 is 0 Å². The molecule has 0 fully saturated rings. The highest BCUT2D eigenvalue weighted by Crippen LogP contribution is 2.47. The van der Waals surface area contributed by atoms with E-state index in [9.17, 15) is 8.78 Å². The summed E-state index contributed by atoms with van der Waals surface area (Å²) in [7, 11) is 4.03. The van der Waals surface area contributed by atoms with Crippen LogP contribution < -0.4 is 0 Å². The first kappa shape index (κ1) is 16.5. The van der Waals surface area contributed by atoms with Crippen molar-refractivity contribution >= 4 is 28.9 Å². The minimum absolute atomic E-state index is 0.105. The van der Waals surface area contributed by atoms with Gasteiger partial charge in [-0.1, -0.05) is 35.5 Å². The van der Waals surface area contributed by atoms with Crippen molar-refractivity contribution in [3.8, 4) is 0 Å². The lowest BCUT2D eigenvalue weighted by Crippen LogP contribution is -2.12. The minimum Gasteiger partial charge on any atom is -0.309 e. The molecule has 1 heterocycles. The Kier molecular flexibility index (Phi) is 4.76. The average molecular weight is 352 g/mol. The van der Waals surface area contributed by atoms with Crippen molar-refractivity contribution in [1.82, 2.24) is 4.90 Å². The lowest BCUT2D eigenvalue weighted by molar-refractivity contribution is 0.417. The van der Waals surface area contributed by atoms with Crippen molar-refractivity contribution in [1.29, 1.82) is 0 Å². The molecule has 0 N–H and O–H groups in total. The molecular weight excluding hydrogens is 336 g/mol. The zero-order valence-electron chi connectivity index (χ0n) is 12.9. The van der Waals surface area contributed by atoms with Gasteiger partial charge in [0, 0.05) is 16.3 Å². The molecule has 0 radical (unpaired) electrons. The van der Waals surface area contributed by atoms with E-state index < -0.39 is 5.82 Å². The van der Waals surface area contributed by atoms with Crippen LogP contribution in [0.25, 0.3) is 5.57 Å². The molecule has 2 aromatic carbocycles. The summed E-state index contributed by atoms with van der Waals surface area (Å²) in [4.78, 5) is 3.66. The van der Waals surface area contributed by atoms with Crippen molar-refractivity contribution in [2.45, 2.75) is 16.2 Å². The third-order valence-electron chi connectivity index (χ3n) is 3.69. The fraction of sp³-hybridized carbons (Fsp3) is 0.222. The molecule has 1 aliphatic rings. The van der Waals surface area contributed by atoms with E-state index in [0.717, 1.165) is 39.5 Å². The molecule has 0 aliphatic carbocycles. The molecule has 0 aromatic heterocycles. The average Bonchev–Trinajstić information content (AvgIpc) is 2.48. The standard InChI is InChI=1S/C18H16ClF2NS/c1-22(2)7-3-4-12-13-6-5-11(20)8-17(13)23-18-10-16(21)15(19)9-14(12)18/h4-6,8-10H,3,7H2,1-2H3/b12-4-. The van der Waals surface area contributed by atoms with Crippen LogP contribution in [-0.2, 0) is 0 Å². The van der Waals surface area contributed by atoms with Crippen LogP contribution in [0, 0.1) is 11.6 Å². The van der Waals surface area contributed by atoms with E-state index in [4.69, 9.17) is 11.6 Å². The molecule has 1 nitrogen and oxygen atoms in total. The number of benzene rings is 2. The Morgan fingerprint density at radius 3 is 2.57 bits per heavy atom. The van der Waals surface area contributed by atoms with Crippen LogP contribution in [0.5, 0.6) is 0 Å². The highest BCUT2D eigenvalue weighted by Gasteiger charge is 2.23. The molecule has 23 heavy (non-hydrogen) atoms. The topological polar surface area (TPSA) is 3.24 Å². The highest BCUT2D eigenvalue weighted by molar-refractivity contribution is 7.99. The van der Waals surface area contributed by atoms with Crippen LogP contribution in [0.4, 0.5) is 8.78 Å². The number of fused-ring (bicyclic) bond motifs is 2. The van der Waals surface area contributed by atoms with Gasteiger partial charge in [-0.05, 0) is 61.5 Å². The molecule has 3 rings (SSSR count). The monoisotopic (exact) mass is 351 g/mol. The minimum atomic E-state index is -0.453. The van der Waals surface area contributed by atoms with Gasteiger partial charge in [-0.3, -0.25) is 0 Å². The second-order valence-electron chi connectivity index (χ2n) is 5.71. The summed E-state index contributed by atoms with van der Waals surface area (Å²) in [6.07, 6.45) is 2.96. The number of nitrogens with zero attached hydrogens (tertiary/aromatic N) is 1. The third-order valence-corrected chi connectivity index (χ3v) is 5.10. The first-order valence-electron chi connectivity index (χ1n) is 7.28. The van der Waals surface area contributed by atoms with Crippen molar-refractivity contribution in [2.75, 3.05) is 20.6 Å². The maximum Gasteiger partial charge on any atom is 0.142 e. The van der Waals surface area contributed by atoms with Gasteiger partial charge in [-0.25, -0.2) is 8.78 Å². The largest absolute Gasteiger partial charge is 0.309 e. The van der Waals surface area contributed by atoms with Gasteiger partial charge in [-0.2, -0.15) is 0 Å². The van der Waals surface area contributed by atoms with Crippen molar-refractivity contribution in [2.24, 2.45) is 0 Å². The second-order valence-corrected chi connectivity index (χ2v) is 7.21. The third kappa shape index (κ3) is 3.44. The summed E-state index contributed by atoms with van der Waals surface area (Å²) in [6, 6.07) is 7.81. The summed E-state index contributed by atoms with van der Waals surface area (Å²) < 4.78 is 27.4. The number of hydrogen-bond acceptors (Lipinski definition) is 2. The molecule has 0 saturated carbocycles. The number of rotatable bonds is 3. The van der Waals surface area contributed by atoms with Gasteiger partial charge in [0.1, 0.15) is 11.6 Å². The summed E-state index contributed by atoms with van der Waals surface area (Å²) >= 11 is 7.34. The zero-order chi connectivity index (χ0) is 16.6. The first-order chi connectivity index (χ1) is 11.0. The summed E-state index contributed by atoms with van der Waals surface area (Å²) in [5.74, 6) is -0.743. The molecule has 0 bridgehead atoms. The highest BCUT2D eigenvalue weighted by atomic mass is 35.5. The van der Waals surface area contributed by atoms with Crippen LogP contribution >= 0.6 is 23.4 Å². The quantitative estimate of drug-likeness (QED) is 0.616. The van der Waals surface area contributed by atoms with E-state index in [-0.39, 0.29) is 10.8 Å². The van der Waals surface area contributed by atoms with Crippen molar-refractivity contribution < 1.29 is 8.78 Å². The predicted molar refractivity (Wildman–Crippen MR) is 92.2 cm³/mol. The SMILES string of the molecule is CN(C)CC/C=C1/c2ccc(F)cc2Sc2cc(F)c(Cl)cc21. The summed E-state index contributed by atoms with van der Waals surface area (Å²) in [5, 5.41) is 0.105. The Morgan fingerprint density at radius 2 is 1.83 bits per heavy atom. The maximum absolute atomic E-state index is 13.8. The Labute approximate surface area is 143 Å². The first-order valence-corrected chi connectivity index (χ1v) is 8.47. The van der Waals surface area contributed by atoms with Crippen LogP contribution in [0.1, 0.15) is 17.5 Å². The van der Waals surface area contributed by atoms with Crippen LogP contribution in [0.2, 0.25) is 5.02 Å². The normalized spacial score (nSPS) is 15.0. The lowest BCUT2D eigenvalue weighted by Gasteiger charge is -2.23. The van der Waals surface area contributed by atoms with E-state index in [2.05, 4.69) is 11.0 Å². The Morgan fingerprint density at radius 1 is 1.09 bits per heavy atom. The Balaban J connectivity index is 2.11. The molecule has 2 aromatic rings. The smallest absolute Gasteiger partial charge is 0.142 e. The maximum atomic E-state index is 13.8. The van der Waals surface area contributed by atoms with Gasteiger partial charge in [0.25, 0.3) is 0 Å².